The molecule has 0 unspecified atom stereocenters. The van der Waals surface area contributed by atoms with Crippen LogP contribution in [0.15, 0.2) is 0 Å². The van der Waals surface area contributed by atoms with Crippen LogP contribution in [0.1, 0.15) is 181 Å². The van der Waals surface area contributed by atoms with E-state index in [1.165, 1.54) is 103 Å². The Bertz CT molecular complexity index is 828. The number of hydrogen-bond donors (Lipinski definition) is 0. The number of likely N-dealkylation sites (tertiary alicyclic amines) is 1. The molecule has 2 aliphatic heterocycles. The fraction of sp³-hybridized carbons (Fsp3) is 0.925. The lowest BCUT2D eigenvalue weighted by molar-refractivity contribution is -0.169. The lowest BCUT2D eigenvalue weighted by atomic mass is 9.97. The predicted molar refractivity (Wildman–Crippen MR) is 193 cm³/mol. The molecular weight excluding hydrogens is 606 g/mol. The fourth-order valence-corrected chi connectivity index (χ4v) is 6.88. The first-order valence-electron chi connectivity index (χ1n) is 20.3. The number of rotatable bonds is 29. The van der Waals surface area contributed by atoms with Gasteiger partial charge in [0.05, 0.1) is 12.5 Å². The monoisotopic (exact) mass is 680 g/mol. The van der Waals surface area contributed by atoms with E-state index in [4.69, 9.17) is 18.9 Å². The molecule has 2 heterocycles. The molecule has 8 heteroatoms. The molecule has 3 atom stereocenters. The van der Waals surface area contributed by atoms with Gasteiger partial charge in [0.15, 0.2) is 12.2 Å². The summed E-state index contributed by atoms with van der Waals surface area (Å²) in [4.78, 5) is 40.7. The van der Waals surface area contributed by atoms with Gasteiger partial charge in [0.25, 0.3) is 0 Å². The van der Waals surface area contributed by atoms with E-state index in [1.807, 2.05) is 0 Å². The molecule has 2 saturated heterocycles. The van der Waals surface area contributed by atoms with Crippen molar-refractivity contribution < 1.29 is 33.3 Å². The molecule has 0 aromatic heterocycles. The highest BCUT2D eigenvalue weighted by Gasteiger charge is 2.43. The molecule has 0 bridgehead atoms. The number of esters is 3. The first-order chi connectivity index (χ1) is 23.4. The molecule has 48 heavy (non-hydrogen) atoms. The van der Waals surface area contributed by atoms with Gasteiger partial charge in [0, 0.05) is 12.8 Å². The minimum Gasteiger partial charge on any atom is -0.463 e. The zero-order valence-corrected chi connectivity index (χ0v) is 31.3. The number of hydrogen-bond acceptors (Lipinski definition) is 8. The van der Waals surface area contributed by atoms with E-state index < -0.39 is 18.3 Å². The van der Waals surface area contributed by atoms with Gasteiger partial charge in [-0.25, -0.2) is 0 Å². The summed E-state index contributed by atoms with van der Waals surface area (Å²) in [6.45, 7) is 6.37. The first-order valence-corrected chi connectivity index (χ1v) is 20.3. The van der Waals surface area contributed by atoms with Gasteiger partial charge in [-0.2, -0.15) is 0 Å². The Balaban J connectivity index is 1.72. The predicted octanol–water partition coefficient (Wildman–Crippen LogP) is 9.50. The van der Waals surface area contributed by atoms with E-state index in [-0.39, 0.29) is 37.0 Å². The Morgan fingerprint density at radius 1 is 0.604 bits per heavy atom. The number of carbonyl (C=O) groups is 3. The molecule has 0 spiro atoms. The average molecular weight is 680 g/mol. The standard InChI is InChI=1S/C40H73NO7/c1-4-6-8-10-12-14-16-18-20-22-24-26-37(42)47-36-33-45-35(32-46-40(44)34-28-30-41(3)31-29-34)39(36)48-38(43)27-25-23-21-19-17-15-13-11-9-7-5-2/h34-36,39H,4-33H2,1-3H3/t35-,36+,39+/m1/s1. The van der Waals surface area contributed by atoms with Crippen molar-refractivity contribution in [1.82, 2.24) is 4.90 Å². The number of nitrogens with zero attached hydrogens (tertiary/aromatic N) is 1. The van der Waals surface area contributed by atoms with E-state index in [1.54, 1.807) is 0 Å². The van der Waals surface area contributed by atoms with Gasteiger partial charge in [-0.1, -0.05) is 142 Å². The highest BCUT2D eigenvalue weighted by Crippen LogP contribution is 2.25. The molecule has 0 aromatic carbocycles. The second kappa shape index (κ2) is 28.1. The van der Waals surface area contributed by atoms with Crippen molar-refractivity contribution in [2.24, 2.45) is 5.92 Å². The highest BCUT2D eigenvalue weighted by atomic mass is 16.6. The second-order valence-electron chi connectivity index (χ2n) is 14.6. The molecule has 0 aromatic rings. The normalized spacial score (nSPS) is 20.2. The minimum absolute atomic E-state index is 0.00574. The first kappa shape index (κ1) is 42.5. The SMILES string of the molecule is CCCCCCCCCCCCCC(=O)O[C@@H]1[C@@H](OC(=O)CCCCCCCCCCCCC)CO[C@@H]1COC(=O)C1CCN(C)CC1. The summed E-state index contributed by atoms with van der Waals surface area (Å²) in [5.74, 6) is -0.937. The van der Waals surface area contributed by atoms with E-state index in [2.05, 4.69) is 25.8 Å². The Kier molecular flexibility index (Phi) is 24.9. The molecule has 0 radical (unpaired) electrons. The van der Waals surface area contributed by atoms with Crippen LogP contribution in [0.4, 0.5) is 0 Å². The van der Waals surface area contributed by atoms with E-state index in [0.717, 1.165) is 64.5 Å². The van der Waals surface area contributed by atoms with Crippen molar-refractivity contribution in [3.63, 3.8) is 0 Å². The van der Waals surface area contributed by atoms with Crippen molar-refractivity contribution in [2.45, 2.75) is 199 Å². The summed E-state index contributed by atoms with van der Waals surface area (Å²) < 4.78 is 23.3. The zero-order chi connectivity index (χ0) is 34.7. The molecule has 280 valence electrons. The van der Waals surface area contributed by atoms with Crippen LogP contribution in [0.3, 0.4) is 0 Å². The minimum atomic E-state index is -0.767. The third-order valence-electron chi connectivity index (χ3n) is 10.2. The van der Waals surface area contributed by atoms with Crippen molar-refractivity contribution in [1.29, 1.82) is 0 Å². The summed E-state index contributed by atoms with van der Waals surface area (Å²) in [7, 11) is 2.06. The Hall–Kier alpha value is -1.67. The van der Waals surface area contributed by atoms with Gasteiger partial charge in [-0.05, 0) is 45.8 Å². The Morgan fingerprint density at radius 3 is 1.48 bits per heavy atom. The topological polar surface area (TPSA) is 91.4 Å². The van der Waals surface area contributed by atoms with Crippen LogP contribution < -0.4 is 0 Å². The second-order valence-corrected chi connectivity index (χ2v) is 14.6. The summed E-state index contributed by atoms with van der Waals surface area (Å²) in [6, 6.07) is 0. The molecular formula is C40H73NO7. The van der Waals surface area contributed by atoms with Crippen LogP contribution in [0.25, 0.3) is 0 Å². The molecule has 0 saturated carbocycles. The number of unbranched alkanes of at least 4 members (excludes halogenated alkanes) is 20. The summed E-state index contributed by atoms with van der Waals surface area (Å²) >= 11 is 0. The molecule has 0 aliphatic carbocycles. The molecule has 2 fully saturated rings. The Labute approximate surface area is 294 Å². The van der Waals surface area contributed by atoms with Crippen LogP contribution in [0.2, 0.25) is 0 Å². The van der Waals surface area contributed by atoms with Crippen LogP contribution in [-0.2, 0) is 33.3 Å². The summed E-state index contributed by atoms with van der Waals surface area (Å²) in [6.07, 6.45) is 26.9. The highest BCUT2D eigenvalue weighted by molar-refractivity contribution is 5.73. The van der Waals surface area contributed by atoms with Crippen LogP contribution in [-0.4, -0.2) is 74.5 Å². The van der Waals surface area contributed by atoms with Gasteiger partial charge >= 0.3 is 17.9 Å². The Morgan fingerprint density at radius 2 is 1.02 bits per heavy atom. The molecule has 0 N–H and O–H groups in total. The van der Waals surface area contributed by atoms with Crippen LogP contribution in [0.5, 0.6) is 0 Å². The van der Waals surface area contributed by atoms with Gasteiger partial charge in [-0.3, -0.25) is 14.4 Å². The molecule has 8 nitrogen and oxygen atoms in total. The maximum Gasteiger partial charge on any atom is 0.309 e. The third-order valence-corrected chi connectivity index (χ3v) is 10.2. The number of ether oxygens (including phenoxy) is 4. The molecule has 2 rings (SSSR count). The number of piperidine rings is 1. The van der Waals surface area contributed by atoms with E-state index in [0.29, 0.717) is 12.8 Å². The van der Waals surface area contributed by atoms with Gasteiger partial charge in [-0.15, -0.1) is 0 Å². The van der Waals surface area contributed by atoms with E-state index >= 15 is 0 Å². The van der Waals surface area contributed by atoms with Crippen molar-refractivity contribution in [3.05, 3.63) is 0 Å². The van der Waals surface area contributed by atoms with Crippen molar-refractivity contribution in [2.75, 3.05) is 33.4 Å². The van der Waals surface area contributed by atoms with E-state index in [9.17, 15) is 14.4 Å². The van der Waals surface area contributed by atoms with Gasteiger partial charge in [0.1, 0.15) is 12.7 Å². The maximum absolute atomic E-state index is 12.9. The summed E-state index contributed by atoms with van der Waals surface area (Å²) in [5.41, 5.74) is 0. The summed E-state index contributed by atoms with van der Waals surface area (Å²) in [5, 5.41) is 0. The quantitative estimate of drug-likeness (QED) is 0.0439. The lowest BCUT2D eigenvalue weighted by Crippen LogP contribution is -2.41. The molecule has 0 amide bonds. The van der Waals surface area contributed by atoms with Crippen molar-refractivity contribution >= 4 is 17.9 Å². The van der Waals surface area contributed by atoms with Crippen LogP contribution >= 0.6 is 0 Å². The van der Waals surface area contributed by atoms with Gasteiger partial charge in [0.2, 0.25) is 0 Å². The fourth-order valence-electron chi connectivity index (χ4n) is 6.88. The van der Waals surface area contributed by atoms with Crippen LogP contribution in [0, 0.1) is 5.92 Å². The average Bonchev–Trinajstić information content (AvgIpc) is 3.45. The maximum atomic E-state index is 12.9. The van der Waals surface area contributed by atoms with Crippen molar-refractivity contribution in [3.8, 4) is 0 Å². The lowest BCUT2D eigenvalue weighted by Gasteiger charge is -2.28. The smallest absolute Gasteiger partial charge is 0.309 e. The third kappa shape index (κ3) is 20.1. The van der Waals surface area contributed by atoms with Gasteiger partial charge < -0.3 is 23.8 Å². The largest absolute Gasteiger partial charge is 0.463 e. The number of carbonyl (C=O) groups excluding carboxylic acids is 3. The zero-order valence-electron chi connectivity index (χ0n) is 31.3. The molecule has 2 aliphatic rings.